The van der Waals surface area contributed by atoms with Crippen molar-refractivity contribution in [2.45, 2.75) is 141 Å². The second kappa shape index (κ2) is 14.5. The second-order valence-electron chi connectivity index (χ2n) is 11.6. The number of hydrogen-bond acceptors (Lipinski definition) is 3. The maximum atomic E-state index is 13.6. The van der Waals surface area contributed by atoms with Gasteiger partial charge in [0.2, 0.25) is 0 Å². The molecular weight excluding hydrogens is 420 g/mol. The average molecular weight is 473 g/mol. The smallest absolute Gasteiger partial charge is 0.321 e. The number of amides is 2. The van der Waals surface area contributed by atoms with Crippen LogP contribution in [0.3, 0.4) is 0 Å². The monoisotopic (exact) mass is 472 g/mol. The Morgan fingerprint density at radius 3 is 1.62 bits per heavy atom. The van der Waals surface area contributed by atoms with Crippen molar-refractivity contribution in [2.24, 2.45) is 11.0 Å². The van der Waals surface area contributed by atoms with E-state index in [1.807, 2.05) is 11.2 Å². The normalized spacial score (nSPS) is 28.5. The molecule has 0 spiro atoms. The zero-order valence-corrected chi connectivity index (χ0v) is 22.0. The number of piperazine rings is 1. The quantitative estimate of drug-likeness (QED) is 0.426. The van der Waals surface area contributed by atoms with Gasteiger partial charge in [0.1, 0.15) is 0 Å². The first kappa shape index (κ1) is 26.0. The Hall–Kier alpha value is -1.10. The van der Waals surface area contributed by atoms with Gasteiger partial charge in [0, 0.05) is 44.9 Å². The van der Waals surface area contributed by atoms with E-state index in [9.17, 15) is 4.79 Å². The Morgan fingerprint density at radius 1 is 0.618 bits per heavy atom. The lowest BCUT2D eigenvalue weighted by Crippen LogP contribution is -2.55. The number of urea groups is 1. The molecule has 0 radical (unpaired) electrons. The summed E-state index contributed by atoms with van der Waals surface area (Å²) in [6.07, 6.45) is 29.1. The predicted molar refractivity (Wildman–Crippen MR) is 142 cm³/mol. The fourth-order valence-electron chi connectivity index (χ4n) is 6.99. The van der Waals surface area contributed by atoms with Crippen LogP contribution in [0.15, 0.2) is 5.10 Å². The number of hydrogen-bond donors (Lipinski definition) is 0. The van der Waals surface area contributed by atoms with Crippen molar-refractivity contribution in [3.05, 3.63) is 0 Å². The van der Waals surface area contributed by atoms with Crippen molar-refractivity contribution in [1.29, 1.82) is 0 Å². The third-order valence-corrected chi connectivity index (χ3v) is 9.18. The van der Waals surface area contributed by atoms with E-state index >= 15 is 0 Å². The SMILES string of the molecule is O=C(N1CCN(C2CCCCCCCCCC2)CC1)N1N=CCC1C1CCCCCCCCC1. The van der Waals surface area contributed by atoms with Crippen LogP contribution in [0.2, 0.25) is 0 Å². The summed E-state index contributed by atoms with van der Waals surface area (Å²) in [6.45, 7) is 3.83. The summed E-state index contributed by atoms with van der Waals surface area (Å²) < 4.78 is 0. The molecule has 1 atom stereocenters. The molecule has 1 saturated heterocycles. The lowest BCUT2D eigenvalue weighted by Gasteiger charge is -2.41. The van der Waals surface area contributed by atoms with Gasteiger partial charge >= 0.3 is 6.03 Å². The van der Waals surface area contributed by atoms with Crippen molar-refractivity contribution in [1.82, 2.24) is 14.8 Å². The number of carbonyl (C=O) groups is 1. The van der Waals surface area contributed by atoms with Gasteiger partial charge in [-0.1, -0.05) is 96.3 Å². The summed E-state index contributed by atoms with van der Waals surface area (Å²) >= 11 is 0. The molecule has 3 fully saturated rings. The third-order valence-electron chi connectivity index (χ3n) is 9.18. The van der Waals surface area contributed by atoms with Crippen LogP contribution in [0.4, 0.5) is 4.79 Å². The molecular formula is C29H52N4O. The van der Waals surface area contributed by atoms with Crippen molar-refractivity contribution in [3.8, 4) is 0 Å². The highest BCUT2D eigenvalue weighted by Crippen LogP contribution is 2.31. The molecule has 2 saturated carbocycles. The van der Waals surface area contributed by atoms with Crippen LogP contribution in [0, 0.1) is 5.92 Å². The molecule has 0 N–H and O–H groups in total. The molecule has 194 valence electrons. The van der Waals surface area contributed by atoms with E-state index in [1.54, 1.807) is 0 Å². The maximum Gasteiger partial charge on any atom is 0.340 e. The molecule has 5 heteroatoms. The van der Waals surface area contributed by atoms with Crippen LogP contribution in [0.5, 0.6) is 0 Å². The van der Waals surface area contributed by atoms with E-state index < -0.39 is 0 Å². The van der Waals surface area contributed by atoms with Gasteiger partial charge in [0.15, 0.2) is 0 Å². The van der Waals surface area contributed by atoms with Gasteiger partial charge in [0.05, 0.1) is 6.04 Å². The van der Waals surface area contributed by atoms with Crippen LogP contribution in [0.1, 0.15) is 128 Å². The summed E-state index contributed by atoms with van der Waals surface area (Å²) in [4.78, 5) is 18.4. The summed E-state index contributed by atoms with van der Waals surface area (Å²) in [5.41, 5.74) is 0. The molecule has 4 aliphatic rings. The van der Waals surface area contributed by atoms with E-state index in [-0.39, 0.29) is 6.03 Å². The zero-order valence-electron chi connectivity index (χ0n) is 22.0. The molecule has 2 aliphatic heterocycles. The number of nitrogens with zero attached hydrogens (tertiary/aromatic N) is 4. The fraction of sp³-hybridized carbons (Fsp3) is 0.931. The largest absolute Gasteiger partial charge is 0.340 e. The molecule has 0 bridgehead atoms. The highest BCUT2D eigenvalue weighted by atomic mass is 16.2. The number of rotatable bonds is 2. The lowest BCUT2D eigenvalue weighted by atomic mass is 9.85. The van der Waals surface area contributed by atoms with Gasteiger partial charge in [-0.15, -0.1) is 0 Å². The summed E-state index contributed by atoms with van der Waals surface area (Å²) in [5, 5.41) is 6.53. The highest BCUT2D eigenvalue weighted by Gasteiger charge is 2.36. The summed E-state index contributed by atoms with van der Waals surface area (Å²) in [7, 11) is 0. The van der Waals surface area contributed by atoms with Gasteiger partial charge < -0.3 is 4.90 Å². The first-order chi connectivity index (χ1) is 16.8. The van der Waals surface area contributed by atoms with Gasteiger partial charge in [-0.2, -0.15) is 5.10 Å². The molecule has 5 nitrogen and oxygen atoms in total. The van der Waals surface area contributed by atoms with E-state index in [0.717, 1.165) is 38.6 Å². The highest BCUT2D eigenvalue weighted by molar-refractivity contribution is 5.78. The minimum atomic E-state index is 0.179. The van der Waals surface area contributed by atoms with Crippen molar-refractivity contribution >= 4 is 12.2 Å². The van der Waals surface area contributed by atoms with Crippen LogP contribution in [-0.2, 0) is 0 Å². The Labute approximate surface area is 209 Å². The Kier molecular flexibility index (Phi) is 11.0. The molecule has 4 rings (SSSR count). The lowest BCUT2D eigenvalue weighted by molar-refractivity contribution is 0.0719. The Balaban J connectivity index is 1.28. The van der Waals surface area contributed by atoms with Gasteiger partial charge in [-0.3, -0.25) is 4.90 Å². The van der Waals surface area contributed by atoms with E-state index in [2.05, 4.69) is 14.9 Å². The number of carbonyl (C=O) groups excluding carboxylic acids is 1. The van der Waals surface area contributed by atoms with Gasteiger partial charge in [0.25, 0.3) is 0 Å². The number of hydrazone groups is 1. The average Bonchev–Trinajstić information content (AvgIpc) is 3.34. The molecule has 2 aliphatic carbocycles. The van der Waals surface area contributed by atoms with Crippen molar-refractivity contribution < 1.29 is 4.79 Å². The van der Waals surface area contributed by atoms with Crippen molar-refractivity contribution in [3.63, 3.8) is 0 Å². The zero-order chi connectivity index (χ0) is 23.4. The predicted octanol–water partition coefficient (Wildman–Crippen LogP) is 7.21. The Bertz CT molecular complexity index is 593. The first-order valence-electron chi connectivity index (χ1n) is 15.2. The molecule has 34 heavy (non-hydrogen) atoms. The molecule has 1 unspecified atom stereocenters. The van der Waals surface area contributed by atoms with Gasteiger partial charge in [-0.25, -0.2) is 9.80 Å². The topological polar surface area (TPSA) is 39.2 Å². The van der Waals surface area contributed by atoms with E-state index in [0.29, 0.717) is 12.0 Å². The molecule has 2 heterocycles. The second-order valence-corrected chi connectivity index (χ2v) is 11.6. The first-order valence-corrected chi connectivity index (χ1v) is 15.2. The van der Waals surface area contributed by atoms with Crippen LogP contribution < -0.4 is 0 Å². The summed E-state index contributed by atoms with van der Waals surface area (Å²) in [5.74, 6) is 0.623. The summed E-state index contributed by atoms with van der Waals surface area (Å²) in [6, 6.07) is 1.21. The minimum Gasteiger partial charge on any atom is -0.321 e. The molecule has 2 amide bonds. The maximum absolute atomic E-state index is 13.6. The van der Waals surface area contributed by atoms with E-state index in [1.165, 1.54) is 122 Å². The van der Waals surface area contributed by atoms with Crippen molar-refractivity contribution in [2.75, 3.05) is 26.2 Å². The van der Waals surface area contributed by atoms with Crippen LogP contribution in [-0.4, -0.2) is 65.3 Å². The molecule has 0 aromatic carbocycles. The van der Waals surface area contributed by atoms with Crippen LogP contribution >= 0.6 is 0 Å². The minimum absolute atomic E-state index is 0.179. The molecule has 0 aromatic rings. The van der Waals surface area contributed by atoms with Crippen LogP contribution in [0.25, 0.3) is 0 Å². The standard InChI is InChI=1S/C29H52N4O/c34-29(33-28(20-21-30-33)26-16-12-8-4-3-5-9-13-17-26)32-24-22-31(23-25-32)27-18-14-10-6-1-2-7-11-15-19-27/h21,26-28H,1-20,22-25H2. The van der Waals surface area contributed by atoms with E-state index in [4.69, 9.17) is 0 Å². The molecule has 0 aromatic heterocycles. The fourth-order valence-corrected chi connectivity index (χ4v) is 6.99. The Morgan fingerprint density at radius 2 is 1.09 bits per heavy atom. The third kappa shape index (κ3) is 7.70. The van der Waals surface area contributed by atoms with Gasteiger partial charge in [-0.05, 0) is 31.6 Å².